The molecule has 0 bridgehead atoms. The molecule has 0 spiro atoms. The van der Waals surface area contributed by atoms with Crippen LogP contribution in [0.4, 0.5) is 5.69 Å². The Bertz CT molecular complexity index is 442. The second kappa shape index (κ2) is 7.65. The molecule has 0 heterocycles. The van der Waals surface area contributed by atoms with Crippen molar-refractivity contribution in [3.63, 3.8) is 0 Å². The Labute approximate surface area is 126 Å². The normalized spacial score (nSPS) is 22.5. The minimum atomic E-state index is -0.0172. The zero-order chi connectivity index (χ0) is 14.4. The van der Waals surface area contributed by atoms with Gasteiger partial charge in [-0.15, -0.1) is 0 Å². The average Bonchev–Trinajstić information content (AvgIpc) is 2.41. The lowest BCUT2D eigenvalue weighted by Gasteiger charge is -2.26. The molecular weight excluding hydrogens is 272 g/mol. The summed E-state index contributed by atoms with van der Waals surface area (Å²) in [6.45, 7) is 3.62. The quantitative estimate of drug-likeness (QED) is 0.869. The molecule has 1 fully saturated rings. The van der Waals surface area contributed by atoms with Gasteiger partial charge in [0.05, 0.1) is 6.54 Å². The maximum atomic E-state index is 11.8. The number of anilines is 1. The molecule has 0 atom stereocenters. The van der Waals surface area contributed by atoms with E-state index in [1.54, 1.807) is 12.1 Å². The Morgan fingerprint density at radius 2 is 2.05 bits per heavy atom. The Morgan fingerprint density at radius 1 is 1.30 bits per heavy atom. The molecule has 1 aliphatic carbocycles. The first-order valence-corrected chi connectivity index (χ1v) is 7.77. The van der Waals surface area contributed by atoms with Crippen LogP contribution >= 0.6 is 11.6 Å². The second-order valence-corrected chi connectivity index (χ2v) is 6.25. The molecule has 1 saturated carbocycles. The van der Waals surface area contributed by atoms with Crippen molar-refractivity contribution in [1.29, 1.82) is 0 Å². The maximum absolute atomic E-state index is 11.8. The minimum Gasteiger partial charge on any atom is -0.325 e. The number of rotatable bonds is 5. The van der Waals surface area contributed by atoms with Crippen LogP contribution < -0.4 is 10.6 Å². The Balaban J connectivity index is 1.65. The fourth-order valence-electron chi connectivity index (χ4n) is 2.69. The zero-order valence-corrected chi connectivity index (χ0v) is 12.7. The van der Waals surface area contributed by atoms with Crippen molar-refractivity contribution in [3.05, 3.63) is 29.3 Å². The van der Waals surface area contributed by atoms with E-state index < -0.39 is 0 Å². The minimum absolute atomic E-state index is 0.0172. The zero-order valence-electron chi connectivity index (χ0n) is 12.0. The molecule has 2 N–H and O–H groups in total. The van der Waals surface area contributed by atoms with Crippen molar-refractivity contribution in [2.24, 2.45) is 11.8 Å². The Hall–Kier alpha value is -1.06. The SMILES string of the molecule is CC1CCC(CNCC(=O)Nc2cccc(Cl)c2)CC1. The fraction of sp³-hybridized carbons (Fsp3) is 0.562. The van der Waals surface area contributed by atoms with Gasteiger partial charge >= 0.3 is 0 Å². The molecule has 1 aliphatic rings. The van der Waals surface area contributed by atoms with Crippen molar-refractivity contribution >= 4 is 23.2 Å². The van der Waals surface area contributed by atoms with Crippen LogP contribution in [0.2, 0.25) is 5.02 Å². The van der Waals surface area contributed by atoms with E-state index in [0.717, 1.165) is 24.1 Å². The monoisotopic (exact) mass is 294 g/mol. The molecule has 0 radical (unpaired) electrons. The first kappa shape index (κ1) is 15.3. The van der Waals surface area contributed by atoms with E-state index in [1.807, 2.05) is 12.1 Å². The van der Waals surface area contributed by atoms with E-state index in [0.29, 0.717) is 11.6 Å². The van der Waals surface area contributed by atoms with Gasteiger partial charge in [0, 0.05) is 10.7 Å². The summed E-state index contributed by atoms with van der Waals surface area (Å²) in [6.07, 6.45) is 5.20. The van der Waals surface area contributed by atoms with Gasteiger partial charge in [0.2, 0.25) is 5.91 Å². The lowest BCUT2D eigenvalue weighted by molar-refractivity contribution is -0.115. The van der Waals surface area contributed by atoms with E-state index in [9.17, 15) is 4.79 Å². The summed E-state index contributed by atoms with van der Waals surface area (Å²) in [5.41, 5.74) is 0.746. The highest BCUT2D eigenvalue weighted by molar-refractivity contribution is 6.30. The molecule has 0 saturated heterocycles. The van der Waals surface area contributed by atoms with E-state index in [4.69, 9.17) is 11.6 Å². The van der Waals surface area contributed by atoms with Crippen LogP contribution in [-0.4, -0.2) is 19.0 Å². The van der Waals surface area contributed by atoms with E-state index in [2.05, 4.69) is 17.6 Å². The van der Waals surface area contributed by atoms with Crippen LogP contribution in [0.15, 0.2) is 24.3 Å². The third kappa shape index (κ3) is 5.14. The summed E-state index contributed by atoms with van der Waals surface area (Å²) in [5, 5.41) is 6.73. The van der Waals surface area contributed by atoms with E-state index >= 15 is 0 Å². The summed E-state index contributed by atoms with van der Waals surface area (Å²) in [6, 6.07) is 7.21. The smallest absolute Gasteiger partial charge is 0.238 e. The number of nitrogens with one attached hydrogen (secondary N) is 2. The number of hydrogen-bond donors (Lipinski definition) is 2. The molecule has 110 valence electrons. The van der Waals surface area contributed by atoms with Crippen LogP contribution in [0, 0.1) is 11.8 Å². The van der Waals surface area contributed by atoms with Gasteiger partial charge in [-0.25, -0.2) is 0 Å². The van der Waals surface area contributed by atoms with Gasteiger partial charge < -0.3 is 10.6 Å². The van der Waals surface area contributed by atoms with Gasteiger partial charge in [-0.05, 0) is 49.4 Å². The van der Waals surface area contributed by atoms with E-state index in [-0.39, 0.29) is 5.91 Å². The topological polar surface area (TPSA) is 41.1 Å². The van der Waals surface area contributed by atoms with Gasteiger partial charge in [-0.1, -0.05) is 37.4 Å². The van der Waals surface area contributed by atoms with Crippen molar-refractivity contribution in [2.75, 3.05) is 18.4 Å². The van der Waals surface area contributed by atoms with Crippen molar-refractivity contribution in [3.8, 4) is 0 Å². The summed E-state index contributed by atoms with van der Waals surface area (Å²) >= 11 is 5.88. The molecule has 3 nitrogen and oxygen atoms in total. The second-order valence-electron chi connectivity index (χ2n) is 5.82. The highest BCUT2D eigenvalue weighted by Crippen LogP contribution is 2.27. The van der Waals surface area contributed by atoms with Crippen molar-refractivity contribution < 1.29 is 4.79 Å². The van der Waals surface area contributed by atoms with Gasteiger partial charge in [-0.3, -0.25) is 4.79 Å². The highest BCUT2D eigenvalue weighted by atomic mass is 35.5. The highest BCUT2D eigenvalue weighted by Gasteiger charge is 2.17. The number of halogens is 1. The Kier molecular flexibility index (Phi) is 5.86. The summed E-state index contributed by atoms with van der Waals surface area (Å²) in [7, 11) is 0. The molecule has 1 aromatic rings. The van der Waals surface area contributed by atoms with Gasteiger partial charge in [0.25, 0.3) is 0 Å². The standard InChI is InChI=1S/C16H23ClN2O/c1-12-5-7-13(8-6-12)10-18-11-16(20)19-15-4-2-3-14(17)9-15/h2-4,9,12-13,18H,5-8,10-11H2,1H3,(H,19,20). The lowest BCUT2D eigenvalue weighted by atomic mass is 9.83. The van der Waals surface area contributed by atoms with Crippen molar-refractivity contribution in [2.45, 2.75) is 32.6 Å². The first-order chi connectivity index (χ1) is 9.63. The summed E-state index contributed by atoms with van der Waals surface area (Å²) in [5.74, 6) is 1.58. The van der Waals surface area contributed by atoms with Gasteiger partial charge in [0.15, 0.2) is 0 Å². The number of carbonyl (C=O) groups excluding carboxylic acids is 1. The van der Waals surface area contributed by atoms with Crippen LogP contribution in [0.5, 0.6) is 0 Å². The summed E-state index contributed by atoms with van der Waals surface area (Å²) < 4.78 is 0. The number of hydrogen-bond acceptors (Lipinski definition) is 2. The molecule has 1 amide bonds. The van der Waals surface area contributed by atoms with Crippen LogP contribution in [0.1, 0.15) is 32.6 Å². The van der Waals surface area contributed by atoms with Crippen LogP contribution in [-0.2, 0) is 4.79 Å². The molecule has 0 unspecified atom stereocenters. The van der Waals surface area contributed by atoms with Crippen LogP contribution in [0.3, 0.4) is 0 Å². The number of benzene rings is 1. The predicted molar refractivity (Wildman–Crippen MR) is 84.1 cm³/mol. The number of carbonyl (C=O) groups is 1. The van der Waals surface area contributed by atoms with Crippen LogP contribution in [0.25, 0.3) is 0 Å². The average molecular weight is 295 g/mol. The fourth-order valence-corrected chi connectivity index (χ4v) is 2.88. The van der Waals surface area contributed by atoms with E-state index in [1.165, 1.54) is 25.7 Å². The number of amides is 1. The maximum Gasteiger partial charge on any atom is 0.238 e. The van der Waals surface area contributed by atoms with Gasteiger partial charge in [-0.2, -0.15) is 0 Å². The van der Waals surface area contributed by atoms with Crippen molar-refractivity contribution in [1.82, 2.24) is 5.32 Å². The Morgan fingerprint density at radius 3 is 2.75 bits per heavy atom. The van der Waals surface area contributed by atoms with Gasteiger partial charge in [0.1, 0.15) is 0 Å². The first-order valence-electron chi connectivity index (χ1n) is 7.39. The summed E-state index contributed by atoms with van der Waals surface area (Å²) in [4.78, 5) is 11.8. The largest absolute Gasteiger partial charge is 0.325 e. The molecule has 0 aromatic heterocycles. The predicted octanol–water partition coefficient (Wildman–Crippen LogP) is 3.69. The molecule has 2 rings (SSSR count). The molecule has 20 heavy (non-hydrogen) atoms. The third-order valence-corrected chi connectivity index (χ3v) is 4.20. The molecule has 4 heteroatoms. The molecular formula is C16H23ClN2O. The lowest BCUT2D eigenvalue weighted by Crippen LogP contribution is -2.33. The molecule has 1 aromatic carbocycles. The third-order valence-electron chi connectivity index (χ3n) is 3.96. The molecule has 0 aliphatic heterocycles.